The van der Waals surface area contributed by atoms with E-state index in [0.29, 0.717) is 29.2 Å². The van der Waals surface area contributed by atoms with E-state index in [-0.39, 0.29) is 6.42 Å². The summed E-state index contributed by atoms with van der Waals surface area (Å²) in [4.78, 5) is 35.6. The Morgan fingerprint density at radius 3 is 2.13 bits per heavy atom. The monoisotopic (exact) mass is 414 g/mol. The quantitative estimate of drug-likeness (QED) is 0.585. The largest absolute Gasteiger partial charge is 0.429 e. The highest BCUT2D eigenvalue weighted by atomic mass is 16.6. The van der Waals surface area contributed by atoms with Gasteiger partial charge in [0, 0.05) is 0 Å². The Labute approximate surface area is 179 Å². The highest BCUT2D eigenvalue weighted by molar-refractivity contribution is 6.19. The first kappa shape index (κ1) is 21.3. The van der Waals surface area contributed by atoms with E-state index in [1.807, 2.05) is 12.1 Å². The molecule has 0 bridgehead atoms. The van der Waals surface area contributed by atoms with Crippen LogP contribution in [0.3, 0.4) is 0 Å². The van der Waals surface area contributed by atoms with Gasteiger partial charge >= 0.3 is 6.09 Å². The molecule has 1 heterocycles. The van der Waals surface area contributed by atoms with Crippen LogP contribution in [0.5, 0.6) is 11.5 Å². The predicted octanol–water partition coefficient (Wildman–Crippen LogP) is 4.45. The summed E-state index contributed by atoms with van der Waals surface area (Å²) in [5.74, 6) is -0.109. The molecule has 31 heavy (non-hydrogen) atoms. The number of hydrogen-bond donors (Lipinski definition) is 0. The number of ether oxygens (including phenoxy) is 2. The number of para-hydroxylation sites is 3. The second-order valence-corrected chi connectivity index (χ2v) is 6.36. The first-order valence-corrected chi connectivity index (χ1v) is 9.37. The second kappa shape index (κ2) is 10.4. The highest BCUT2D eigenvalue weighted by Crippen LogP contribution is 2.39. The Kier molecular flexibility index (Phi) is 7.12. The average Bonchev–Trinajstić information content (AvgIpc) is 3.08. The van der Waals surface area contributed by atoms with Crippen molar-refractivity contribution in [1.29, 1.82) is 5.26 Å². The van der Waals surface area contributed by atoms with E-state index >= 15 is 0 Å². The molecule has 0 unspecified atom stereocenters. The van der Waals surface area contributed by atoms with Crippen LogP contribution in [0.25, 0.3) is 0 Å². The molecule has 0 spiro atoms. The summed E-state index contributed by atoms with van der Waals surface area (Å²) < 4.78 is 9.76. The zero-order chi connectivity index (χ0) is 22.1. The summed E-state index contributed by atoms with van der Waals surface area (Å²) in [6.07, 6.45) is -0.727. The number of imide groups is 1. The molecular formula is C24H18N2O5. The predicted molar refractivity (Wildman–Crippen MR) is 112 cm³/mol. The van der Waals surface area contributed by atoms with Gasteiger partial charge in [-0.25, -0.2) is 9.69 Å². The molecule has 0 aromatic heterocycles. The number of nitriles is 1. The lowest BCUT2D eigenvalue weighted by atomic mass is 9.98. The Bertz CT molecular complexity index is 1090. The average molecular weight is 414 g/mol. The van der Waals surface area contributed by atoms with Crippen molar-refractivity contribution in [3.63, 3.8) is 0 Å². The van der Waals surface area contributed by atoms with Gasteiger partial charge in [0.25, 0.3) is 6.47 Å². The minimum Gasteiger partial charge on any atom is -0.429 e. The third-order valence-corrected chi connectivity index (χ3v) is 4.43. The highest BCUT2D eigenvalue weighted by Gasteiger charge is 2.41. The van der Waals surface area contributed by atoms with Gasteiger partial charge in [-0.3, -0.25) is 9.59 Å². The van der Waals surface area contributed by atoms with Crippen molar-refractivity contribution >= 4 is 24.2 Å². The molecular weight excluding hydrogens is 396 g/mol. The van der Waals surface area contributed by atoms with E-state index in [2.05, 4.69) is 4.74 Å². The number of benzene rings is 3. The summed E-state index contributed by atoms with van der Waals surface area (Å²) in [6.45, 7) is 0.412. The number of carbonyl (C=O) groups excluding carboxylic acids is 3. The summed E-state index contributed by atoms with van der Waals surface area (Å²) in [5.41, 5.74) is 1.16. The Hall–Kier alpha value is -4.44. The first-order chi connectivity index (χ1) is 15.2. The fourth-order valence-corrected chi connectivity index (χ4v) is 3.06. The number of carbonyl (C=O) groups is 3. The minimum absolute atomic E-state index is 0.0327. The number of hydrogen-bond acceptors (Lipinski definition) is 6. The minimum atomic E-state index is -0.760. The van der Waals surface area contributed by atoms with Gasteiger partial charge in [0.05, 0.1) is 24.1 Å². The molecule has 1 aliphatic rings. The molecule has 3 aromatic carbocycles. The topological polar surface area (TPSA) is 96.7 Å². The maximum absolute atomic E-state index is 12.5. The lowest BCUT2D eigenvalue weighted by Gasteiger charge is -2.15. The van der Waals surface area contributed by atoms with Crippen molar-refractivity contribution in [2.75, 3.05) is 4.90 Å². The zero-order valence-corrected chi connectivity index (χ0v) is 16.4. The number of amides is 2. The molecule has 1 atom stereocenters. The van der Waals surface area contributed by atoms with Gasteiger partial charge in [0.15, 0.2) is 0 Å². The fourth-order valence-electron chi connectivity index (χ4n) is 3.06. The fraction of sp³-hybridized carbons (Fsp3) is 0.0833. The molecule has 0 radical (unpaired) electrons. The van der Waals surface area contributed by atoms with Crippen molar-refractivity contribution in [2.24, 2.45) is 0 Å². The van der Waals surface area contributed by atoms with Crippen LogP contribution in [-0.2, 0) is 9.59 Å². The normalized spacial score (nSPS) is 13.8. The van der Waals surface area contributed by atoms with E-state index in [9.17, 15) is 14.4 Å². The summed E-state index contributed by atoms with van der Waals surface area (Å²) in [6, 6.07) is 26.4. The van der Waals surface area contributed by atoms with Crippen molar-refractivity contribution in [2.45, 2.75) is 12.3 Å². The van der Waals surface area contributed by atoms with Crippen molar-refractivity contribution in [3.8, 4) is 17.6 Å². The maximum Gasteiger partial charge on any atom is 0.426 e. The smallest absolute Gasteiger partial charge is 0.426 e. The third-order valence-electron chi connectivity index (χ3n) is 4.43. The molecule has 4 rings (SSSR count). The molecule has 7 nitrogen and oxygen atoms in total. The Balaban J connectivity index is 0.000000254. The Morgan fingerprint density at radius 1 is 0.935 bits per heavy atom. The van der Waals surface area contributed by atoms with Crippen molar-refractivity contribution in [3.05, 3.63) is 90.5 Å². The van der Waals surface area contributed by atoms with Crippen LogP contribution in [0.2, 0.25) is 0 Å². The molecule has 0 saturated carbocycles. The summed E-state index contributed by atoms with van der Waals surface area (Å²) >= 11 is 0. The van der Waals surface area contributed by atoms with E-state index in [0.717, 1.165) is 4.90 Å². The van der Waals surface area contributed by atoms with Crippen LogP contribution in [0.15, 0.2) is 84.9 Å². The standard InChI is InChI=1S/C17H12N2O3.C7H6O2/c18-11-10-14-13-8-4-5-9-15(13)19(16(14)20)17(21)22-12-6-2-1-3-7-12;8-6-9-7-4-2-1-3-5-7/h1-9,14H,10H2;1-6H/t14-;/m1./s1. The lowest BCUT2D eigenvalue weighted by molar-refractivity contribution is -0.121. The zero-order valence-electron chi connectivity index (χ0n) is 16.4. The van der Waals surface area contributed by atoms with E-state index in [1.54, 1.807) is 78.9 Å². The SMILES string of the molecule is N#CC[C@H]1C(=O)N(C(=O)Oc2ccccc2)c2ccccc21.O=COc1ccccc1. The van der Waals surface area contributed by atoms with Crippen LogP contribution >= 0.6 is 0 Å². The van der Waals surface area contributed by atoms with Gasteiger partial charge in [-0.05, 0) is 35.9 Å². The van der Waals surface area contributed by atoms with Gasteiger partial charge < -0.3 is 9.47 Å². The molecule has 0 aliphatic carbocycles. The molecule has 0 fully saturated rings. The molecule has 2 amide bonds. The van der Waals surface area contributed by atoms with Gasteiger partial charge in [0.1, 0.15) is 11.5 Å². The van der Waals surface area contributed by atoms with Gasteiger partial charge in [-0.15, -0.1) is 0 Å². The number of fused-ring (bicyclic) bond motifs is 1. The third kappa shape index (κ3) is 5.14. The Morgan fingerprint density at radius 2 is 1.52 bits per heavy atom. The van der Waals surface area contributed by atoms with Gasteiger partial charge in [-0.2, -0.15) is 5.26 Å². The summed E-state index contributed by atoms with van der Waals surface area (Å²) in [7, 11) is 0. The number of nitrogens with zero attached hydrogens (tertiary/aromatic N) is 2. The molecule has 7 heteroatoms. The van der Waals surface area contributed by atoms with Crippen LogP contribution in [-0.4, -0.2) is 18.5 Å². The van der Waals surface area contributed by atoms with Crippen LogP contribution in [0.4, 0.5) is 10.5 Å². The maximum atomic E-state index is 12.5. The molecule has 154 valence electrons. The van der Waals surface area contributed by atoms with Crippen LogP contribution < -0.4 is 14.4 Å². The molecule has 0 N–H and O–H groups in total. The lowest BCUT2D eigenvalue weighted by Crippen LogP contribution is -2.37. The van der Waals surface area contributed by atoms with Gasteiger partial charge in [0.2, 0.25) is 5.91 Å². The first-order valence-electron chi connectivity index (χ1n) is 9.37. The van der Waals surface area contributed by atoms with E-state index < -0.39 is 17.9 Å². The van der Waals surface area contributed by atoms with E-state index in [1.165, 1.54) is 0 Å². The molecule has 1 aliphatic heterocycles. The number of anilines is 1. The molecule has 3 aromatic rings. The van der Waals surface area contributed by atoms with Crippen LogP contribution in [0.1, 0.15) is 17.9 Å². The van der Waals surface area contributed by atoms with Crippen LogP contribution in [0, 0.1) is 11.3 Å². The number of rotatable bonds is 4. The van der Waals surface area contributed by atoms with Crippen molar-refractivity contribution in [1.82, 2.24) is 0 Å². The van der Waals surface area contributed by atoms with Gasteiger partial charge in [-0.1, -0.05) is 54.6 Å². The van der Waals surface area contributed by atoms with Crippen molar-refractivity contribution < 1.29 is 23.9 Å². The molecule has 0 saturated heterocycles. The second-order valence-electron chi connectivity index (χ2n) is 6.36. The summed E-state index contributed by atoms with van der Waals surface area (Å²) in [5, 5.41) is 8.89. The van der Waals surface area contributed by atoms with E-state index in [4.69, 9.17) is 10.00 Å².